The van der Waals surface area contributed by atoms with Gasteiger partial charge in [-0.15, -0.1) is 0 Å². The van der Waals surface area contributed by atoms with Gasteiger partial charge in [0.15, 0.2) is 0 Å². The molecule has 2 aromatic rings. The van der Waals surface area contributed by atoms with Crippen LogP contribution < -0.4 is 21.9 Å². The summed E-state index contributed by atoms with van der Waals surface area (Å²) in [6.07, 6.45) is 0. The second-order valence-electron chi connectivity index (χ2n) is 4.40. The van der Waals surface area contributed by atoms with Crippen LogP contribution in [0.25, 0.3) is 0 Å². The van der Waals surface area contributed by atoms with Crippen LogP contribution >= 0.6 is 27.5 Å². The lowest BCUT2D eigenvalue weighted by Gasteiger charge is -2.12. The molecule has 0 aliphatic carbocycles. The quantitative estimate of drug-likeness (QED) is 0.360. The Balaban J connectivity index is 2.19. The lowest BCUT2D eigenvalue weighted by Crippen LogP contribution is -2.31. The minimum absolute atomic E-state index is 0.144. The molecule has 0 bridgehead atoms. The van der Waals surface area contributed by atoms with E-state index in [1.807, 2.05) is 5.43 Å². The van der Waals surface area contributed by atoms with Crippen LogP contribution in [0.15, 0.2) is 40.9 Å². The summed E-state index contributed by atoms with van der Waals surface area (Å²) in [6.45, 7) is 0. The lowest BCUT2D eigenvalue weighted by atomic mass is 10.1. The molecule has 0 fully saturated rings. The Bertz CT molecular complexity index is 752. The van der Waals surface area contributed by atoms with Crippen molar-refractivity contribution in [2.75, 3.05) is 10.6 Å². The summed E-state index contributed by atoms with van der Waals surface area (Å²) in [6, 6.07) is 7.58. The van der Waals surface area contributed by atoms with Crippen LogP contribution in [0, 0.1) is 5.82 Å². The van der Waals surface area contributed by atoms with Gasteiger partial charge in [0.05, 0.1) is 11.3 Å². The number of nitrogens with one attached hydrogen (secondary N) is 3. The van der Waals surface area contributed by atoms with E-state index in [1.54, 1.807) is 6.07 Å². The van der Waals surface area contributed by atoms with Gasteiger partial charge in [-0.2, -0.15) is 0 Å². The summed E-state index contributed by atoms with van der Waals surface area (Å²) in [7, 11) is 0. The van der Waals surface area contributed by atoms with Crippen molar-refractivity contribution in [1.82, 2.24) is 5.43 Å². The van der Waals surface area contributed by atoms with Gasteiger partial charge in [-0.3, -0.25) is 10.2 Å². The molecule has 0 spiro atoms. The van der Waals surface area contributed by atoms with Crippen molar-refractivity contribution in [1.29, 1.82) is 0 Å². The van der Waals surface area contributed by atoms with E-state index < -0.39 is 17.8 Å². The van der Waals surface area contributed by atoms with Crippen LogP contribution in [-0.2, 0) is 0 Å². The maximum Gasteiger partial charge on any atom is 0.323 e. The molecule has 0 radical (unpaired) electrons. The summed E-state index contributed by atoms with van der Waals surface area (Å²) in [5.41, 5.74) is 2.55. The van der Waals surface area contributed by atoms with Gasteiger partial charge < -0.3 is 10.6 Å². The third-order valence-electron chi connectivity index (χ3n) is 2.73. The van der Waals surface area contributed by atoms with Crippen LogP contribution in [-0.4, -0.2) is 11.9 Å². The van der Waals surface area contributed by atoms with E-state index in [0.29, 0.717) is 4.47 Å². The van der Waals surface area contributed by atoms with E-state index in [-0.39, 0.29) is 22.0 Å². The number of halogens is 3. The van der Waals surface area contributed by atoms with Crippen LogP contribution in [0.5, 0.6) is 0 Å². The number of benzene rings is 2. The molecule has 120 valence electrons. The molecule has 23 heavy (non-hydrogen) atoms. The Morgan fingerprint density at radius 1 is 1.13 bits per heavy atom. The van der Waals surface area contributed by atoms with Crippen LogP contribution in [0.2, 0.25) is 5.02 Å². The smallest absolute Gasteiger partial charge is 0.308 e. The summed E-state index contributed by atoms with van der Waals surface area (Å²) in [5.74, 6) is 3.95. The van der Waals surface area contributed by atoms with Gasteiger partial charge >= 0.3 is 6.03 Å². The SMILES string of the molecule is NNC(=O)c1ccc(Br)cc1NC(=O)Nc1cc(F)cc(Cl)c1. The average Bonchev–Trinajstić information content (AvgIpc) is 2.45. The first kappa shape index (κ1) is 17.2. The molecule has 0 aliphatic rings. The fourth-order valence-corrected chi connectivity index (χ4v) is 2.39. The van der Waals surface area contributed by atoms with Gasteiger partial charge in [0.1, 0.15) is 5.82 Å². The number of urea groups is 1. The van der Waals surface area contributed by atoms with Crippen molar-refractivity contribution in [2.45, 2.75) is 0 Å². The van der Waals surface area contributed by atoms with E-state index in [1.165, 1.54) is 18.2 Å². The minimum atomic E-state index is -0.671. The molecule has 5 N–H and O–H groups in total. The average molecular weight is 402 g/mol. The number of anilines is 2. The number of carbonyl (C=O) groups excluding carboxylic acids is 2. The number of nitrogens with two attached hydrogens (primary N) is 1. The zero-order chi connectivity index (χ0) is 17.0. The van der Waals surface area contributed by atoms with Crippen molar-refractivity contribution >= 4 is 50.8 Å². The molecule has 0 saturated carbocycles. The Morgan fingerprint density at radius 2 is 1.87 bits per heavy atom. The summed E-state index contributed by atoms with van der Waals surface area (Å²) >= 11 is 8.96. The summed E-state index contributed by atoms with van der Waals surface area (Å²) in [4.78, 5) is 23.7. The molecule has 0 unspecified atom stereocenters. The van der Waals surface area contributed by atoms with E-state index in [2.05, 4.69) is 26.6 Å². The molecule has 3 amide bonds. The highest BCUT2D eigenvalue weighted by Crippen LogP contribution is 2.22. The lowest BCUT2D eigenvalue weighted by molar-refractivity contribution is 0.0954. The van der Waals surface area contributed by atoms with Crippen molar-refractivity contribution < 1.29 is 14.0 Å². The fraction of sp³-hybridized carbons (Fsp3) is 0. The zero-order valence-electron chi connectivity index (χ0n) is 11.5. The van der Waals surface area contributed by atoms with Crippen LogP contribution in [0.3, 0.4) is 0 Å². The predicted octanol–water partition coefficient (Wildman–Crippen LogP) is 3.49. The van der Waals surface area contributed by atoms with E-state index in [9.17, 15) is 14.0 Å². The van der Waals surface area contributed by atoms with Crippen molar-refractivity contribution in [3.8, 4) is 0 Å². The van der Waals surface area contributed by atoms with Gasteiger partial charge in [-0.25, -0.2) is 15.0 Å². The highest BCUT2D eigenvalue weighted by Gasteiger charge is 2.13. The number of hydrogen-bond donors (Lipinski definition) is 4. The Kier molecular flexibility index (Phi) is 5.54. The van der Waals surface area contributed by atoms with Gasteiger partial charge in [-0.05, 0) is 36.4 Å². The highest BCUT2D eigenvalue weighted by molar-refractivity contribution is 9.10. The van der Waals surface area contributed by atoms with E-state index in [4.69, 9.17) is 17.4 Å². The van der Waals surface area contributed by atoms with Gasteiger partial charge in [-0.1, -0.05) is 27.5 Å². The number of rotatable bonds is 3. The van der Waals surface area contributed by atoms with E-state index >= 15 is 0 Å². The Labute approximate surface area is 144 Å². The molecular weight excluding hydrogens is 391 g/mol. The number of carbonyl (C=O) groups is 2. The third kappa shape index (κ3) is 4.65. The topological polar surface area (TPSA) is 96.2 Å². The Morgan fingerprint density at radius 3 is 2.52 bits per heavy atom. The first-order chi connectivity index (χ1) is 10.9. The standard InChI is InChI=1S/C14H11BrClFN4O2/c15-7-1-2-11(13(22)21-18)12(3-7)20-14(23)19-10-5-8(16)4-9(17)6-10/h1-6H,18H2,(H,21,22)(H2,19,20,23). The van der Waals surface area contributed by atoms with E-state index in [0.717, 1.165) is 12.1 Å². The second-order valence-corrected chi connectivity index (χ2v) is 5.75. The molecule has 2 aromatic carbocycles. The molecule has 0 aromatic heterocycles. The van der Waals surface area contributed by atoms with Gasteiger partial charge in [0, 0.05) is 15.2 Å². The second kappa shape index (κ2) is 7.40. The number of amides is 3. The molecule has 0 saturated heterocycles. The monoisotopic (exact) mass is 400 g/mol. The highest BCUT2D eigenvalue weighted by atomic mass is 79.9. The normalized spacial score (nSPS) is 10.1. The summed E-state index contributed by atoms with van der Waals surface area (Å²) < 4.78 is 13.9. The number of hydrazine groups is 1. The number of hydrogen-bond acceptors (Lipinski definition) is 3. The largest absolute Gasteiger partial charge is 0.323 e. The fourth-order valence-electron chi connectivity index (χ4n) is 1.81. The van der Waals surface area contributed by atoms with Crippen molar-refractivity contribution in [3.05, 3.63) is 57.3 Å². The third-order valence-corrected chi connectivity index (χ3v) is 3.44. The van der Waals surface area contributed by atoms with Gasteiger partial charge in [0.2, 0.25) is 0 Å². The molecule has 9 heteroatoms. The van der Waals surface area contributed by atoms with Gasteiger partial charge in [0.25, 0.3) is 5.91 Å². The summed E-state index contributed by atoms with van der Waals surface area (Å²) in [5, 5.41) is 5.06. The van der Waals surface area contributed by atoms with Crippen LogP contribution in [0.4, 0.5) is 20.6 Å². The molecule has 2 rings (SSSR count). The van der Waals surface area contributed by atoms with Crippen molar-refractivity contribution in [3.63, 3.8) is 0 Å². The zero-order valence-corrected chi connectivity index (χ0v) is 13.8. The molecule has 0 aliphatic heterocycles. The molecular formula is C14H11BrClFN4O2. The molecule has 0 atom stereocenters. The maximum atomic E-state index is 13.2. The number of nitrogen functional groups attached to an aromatic ring is 1. The predicted molar refractivity (Wildman–Crippen MR) is 89.8 cm³/mol. The van der Waals surface area contributed by atoms with Crippen LogP contribution in [0.1, 0.15) is 10.4 Å². The Hall–Kier alpha value is -2.16. The maximum absolute atomic E-state index is 13.2. The molecule has 0 heterocycles. The first-order valence-electron chi connectivity index (χ1n) is 6.23. The van der Waals surface area contributed by atoms with Crippen molar-refractivity contribution in [2.24, 2.45) is 5.84 Å². The minimum Gasteiger partial charge on any atom is -0.308 e. The first-order valence-corrected chi connectivity index (χ1v) is 7.40. The molecule has 6 nitrogen and oxygen atoms in total.